The molecule has 0 saturated heterocycles. The van der Waals surface area contributed by atoms with Gasteiger partial charge in [0.15, 0.2) is 0 Å². The van der Waals surface area contributed by atoms with Gasteiger partial charge in [0.25, 0.3) is 0 Å². The second-order valence-corrected chi connectivity index (χ2v) is 5.14. The number of fused-ring (bicyclic) bond motifs is 1. The summed E-state index contributed by atoms with van der Waals surface area (Å²) in [6.45, 7) is 3.95. The average Bonchev–Trinajstić information content (AvgIpc) is 2.92. The Balaban J connectivity index is 2.18. The second-order valence-electron chi connectivity index (χ2n) is 4.70. The third kappa shape index (κ3) is 2.53. The molecule has 7 heteroatoms. The van der Waals surface area contributed by atoms with Crippen LogP contribution in [0.3, 0.4) is 0 Å². The first-order valence-corrected chi connectivity index (χ1v) is 7.11. The first-order valence-electron chi connectivity index (χ1n) is 6.73. The molecular formula is C15H13ClN4O2. The van der Waals surface area contributed by atoms with Crippen molar-refractivity contribution in [1.82, 2.24) is 19.6 Å². The maximum atomic E-state index is 12.0. The number of hydrogen-bond donors (Lipinski definition) is 0. The zero-order valence-electron chi connectivity index (χ0n) is 12.1. The molecule has 6 nitrogen and oxygen atoms in total. The average molecular weight is 317 g/mol. The van der Waals surface area contributed by atoms with Crippen LogP contribution < -0.4 is 0 Å². The van der Waals surface area contributed by atoms with E-state index in [1.54, 1.807) is 31.6 Å². The lowest BCUT2D eigenvalue weighted by atomic mass is 10.1. The van der Waals surface area contributed by atoms with Gasteiger partial charge in [-0.2, -0.15) is 5.10 Å². The van der Waals surface area contributed by atoms with Gasteiger partial charge in [-0.25, -0.2) is 14.3 Å². The number of esters is 1. The van der Waals surface area contributed by atoms with Crippen LogP contribution in [0.25, 0.3) is 16.8 Å². The van der Waals surface area contributed by atoms with Gasteiger partial charge in [0, 0.05) is 18.0 Å². The van der Waals surface area contributed by atoms with E-state index >= 15 is 0 Å². The fraction of sp³-hybridized carbons (Fsp3) is 0.200. The Morgan fingerprint density at radius 3 is 2.86 bits per heavy atom. The molecule has 112 valence electrons. The highest BCUT2D eigenvalue weighted by atomic mass is 35.5. The molecule has 3 aromatic heterocycles. The predicted octanol–water partition coefficient (Wildman–Crippen LogP) is 2.93. The van der Waals surface area contributed by atoms with Crippen LogP contribution in [0.2, 0.25) is 5.02 Å². The Hall–Kier alpha value is -2.47. The third-order valence-corrected chi connectivity index (χ3v) is 3.37. The summed E-state index contributed by atoms with van der Waals surface area (Å²) in [6, 6.07) is 3.67. The zero-order chi connectivity index (χ0) is 15.7. The fourth-order valence-corrected chi connectivity index (χ4v) is 2.33. The Bertz CT molecular complexity index is 860. The smallest absolute Gasteiger partial charge is 0.376 e. The third-order valence-electron chi connectivity index (χ3n) is 3.16. The topological polar surface area (TPSA) is 69.4 Å². The molecule has 0 bridgehead atoms. The summed E-state index contributed by atoms with van der Waals surface area (Å²) in [5, 5.41) is 4.99. The summed E-state index contributed by atoms with van der Waals surface area (Å²) in [4.78, 5) is 20.1. The highest BCUT2D eigenvalue weighted by molar-refractivity contribution is 6.30. The van der Waals surface area contributed by atoms with Crippen molar-refractivity contribution in [3.63, 3.8) is 0 Å². The van der Waals surface area contributed by atoms with E-state index in [2.05, 4.69) is 15.1 Å². The van der Waals surface area contributed by atoms with E-state index in [1.165, 1.54) is 4.52 Å². The maximum absolute atomic E-state index is 12.0. The van der Waals surface area contributed by atoms with E-state index in [-0.39, 0.29) is 12.4 Å². The molecule has 0 saturated carbocycles. The first kappa shape index (κ1) is 14.5. The quantitative estimate of drug-likeness (QED) is 0.695. The number of aromatic nitrogens is 4. The molecule has 0 aliphatic rings. The minimum Gasteiger partial charge on any atom is -0.460 e. The van der Waals surface area contributed by atoms with Crippen LogP contribution in [-0.4, -0.2) is 32.2 Å². The summed E-state index contributed by atoms with van der Waals surface area (Å²) in [5.74, 6) is -0.354. The van der Waals surface area contributed by atoms with Crippen molar-refractivity contribution in [2.45, 2.75) is 13.8 Å². The van der Waals surface area contributed by atoms with Gasteiger partial charge in [0.05, 0.1) is 29.0 Å². The normalized spacial score (nSPS) is 10.9. The summed E-state index contributed by atoms with van der Waals surface area (Å²) < 4.78 is 6.49. The molecule has 0 spiro atoms. The summed E-state index contributed by atoms with van der Waals surface area (Å²) in [5.41, 5.74) is 3.11. The minimum atomic E-state index is -0.504. The number of imidazole rings is 1. The van der Waals surface area contributed by atoms with Crippen molar-refractivity contribution in [3.05, 3.63) is 47.1 Å². The lowest BCUT2D eigenvalue weighted by molar-refractivity contribution is 0.0509. The van der Waals surface area contributed by atoms with Crippen LogP contribution in [0.5, 0.6) is 0 Å². The lowest BCUT2D eigenvalue weighted by Gasteiger charge is -2.06. The van der Waals surface area contributed by atoms with Crippen LogP contribution in [0.1, 0.15) is 23.1 Å². The Morgan fingerprint density at radius 2 is 2.14 bits per heavy atom. The molecule has 3 aromatic rings. The molecule has 3 rings (SSSR count). The minimum absolute atomic E-state index is 0.150. The predicted molar refractivity (Wildman–Crippen MR) is 81.9 cm³/mol. The van der Waals surface area contributed by atoms with E-state index in [0.717, 1.165) is 16.6 Å². The van der Waals surface area contributed by atoms with Gasteiger partial charge in [-0.1, -0.05) is 11.6 Å². The Morgan fingerprint density at radius 1 is 1.32 bits per heavy atom. The van der Waals surface area contributed by atoms with Crippen molar-refractivity contribution in [2.24, 2.45) is 0 Å². The molecule has 0 amide bonds. The molecule has 0 radical (unpaired) electrons. The van der Waals surface area contributed by atoms with E-state index in [1.807, 2.05) is 13.0 Å². The van der Waals surface area contributed by atoms with Gasteiger partial charge in [0.2, 0.25) is 5.82 Å². The van der Waals surface area contributed by atoms with E-state index in [0.29, 0.717) is 10.7 Å². The van der Waals surface area contributed by atoms with E-state index < -0.39 is 5.97 Å². The fourth-order valence-electron chi connectivity index (χ4n) is 2.16. The number of carbonyl (C=O) groups is 1. The molecule has 0 aromatic carbocycles. The molecule has 22 heavy (non-hydrogen) atoms. The van der Waals surface area contributed by atoms with Crippen LogP contribution >= 0.6 is 11.6 Å². The molecule has 0 atom stereocenters. The Kier molecular flexibility index (Phi) is 3.77. The Labute approximate surface area is 131 Å². The number of halogens is 1. The largest absolute Gasteiger partial charge is 0.460 e. The lowest BCUT2D eigenvalue weighted by Crippen LogP contribution is -2.11. The van der Waals surface area contributed by atoms with Crippen LogP contribution in [0.15, 0.2) is 30.7 Å². The molecular weight excluding hydrogens is 304 g/mol. The van der Waals surface area contributed by atoms with Gasteiger partial charge in [-0.15, -0.1) is 0 Å². The zero-order valence-corrected chi connectivity index (χ0v) is 12.8. The number of nitrogens with zero attached hydrogens (tertiary/aromatic N) is 4. The number of aryl methyl sites for hydroxylation is 1. The monoisotopic (exact) mass is 316 g/mol. The summed E-state index contributed by atoms with van der Waals surface area (Å²) in [6.07, 6.45) is 4.83. The molecule has 3 heterocycles. The van der Waals surface area contributed by atoms with Crippen molar-refractivity contribution < 1.29 is 9.53 Å². The highest BCUT2D eigenvalue weighted by Gasteiger charge is 2.17. The van der Waals surface area contributed by atoms with Gasteiger partial charge < -0.3 is 4.74 Å². The molecule has 0 unspecified atom stereocenters. The highest BCUT2D eigenvalue weighted by Crippen LogP contribution is 2.22. The van der Waals surface area contributed by atoms with Crippen molar-refractivity contribution in [2.75, 3.05) is 6.61 Å². The van der Waals surface area contributed by atoms with Crippen LogP contribution in [0, 0.1) is 6.92 Å². The first-order chi connectivity index (χ1) is 10.6. The van der Waals surface area contributed by atoms with E-state index in [9.17, 15) is 4.79 Å². The molecule has 0 aliphatic heterocycles. The van der Waals surface area contributed by atoms with Crippen molar-refractivity contribution in [1.29, 1.82) is 0 Å². The number of pyridine rings is 1. The molecule has 0 aliphatic carbocycles. The van der Waals surface area contributed by atoms with Crippen LogP contribution in [0.4, 0.5) is 0 Å². The number of rotatable bonds is 3. The van der Waals surface area contributed by atoms with Crippen molar-refractivity contribution in [3.8, 4) is 11.3 Å². The van der Waals surface area contributed by atoms with Crippen molar-refractivity contribution >= 4 is 23.1 Å². The number of ether oxygens (including phenoxy) is 1. The summed E-state index contributed by atoms with van der Waals surface area (Å²) in [7, 11) is 0. The maximum Gasteiger partial charge on any atom is 0.376 e. The van der Waals surface area contributed by atoms with Gasteiger partial charge in [-0.05, 0) is 31.5 Å². The SMILES string of the molecule is CCOC(=O)c1ncc2c(C)cc(-c3cncc(Cl)c3)nn12. The standard InChI is InChI=1S/C15H13ClN4O2/c1-3-22-15(21)14-18-8-13-9(2)4-12(19-20(13)14)10-5-11(16)7-17-6-10/h4-8H,3H2,1-2H3. The van der Waals surface area contributed by atoms with Gasteiger partial charge >= 0.3 is 5.97 Å². The summed E-state index contributed by atoms with van der Waals surface area (Å²) >= 11 is 5.97. The van der Waals surface area contributed by atoms with Gasteiger partial charge in [-0.3, -0.25) is 4.98 Å². The van der Waals surface area contributed by atoms with Gasteiger partial charge in [0.1, 0.15) is 0 Å². The second kappa shape index (κ2) is 5.73. The van der Waals surface area contributed by atoms with Crippen LogP contribution in [-0.2, 0) is 4.74 Å². The number of carbonyl (C=O) groups excluding carboxylic acids is 1. The molecule has 0 N–H and O–H groups in total. The van der Waals surface area contributed by atoms with E-state index in [4.69, 9.17) is 16.3 Å². The number of hydrogen-bond acceptors (Lipinski definition) is 5. The molecule has 0 fully saturated rings.